The first-order chi connectivity index (χ1) is 5.75. The van der Waals surface area contributed by atoms with E-state index in [0.717, 1.165) is 12.2 Å². The van der Waals surface area contributed by atoms with Crippen LogP contribution in [0, 0.1) is 0 Å². The van der Waals surface area contributed by atoms with Gasteiger partial charge in [0.1, 0.15) is 0 Å². The summed E-state index contributed by atoms with van der Waals surface area (Å²) in [4.78, 5) is 13.2. The van der Waals surface area contributed by atoms with Gasteiger partial charge < -0.3 is 10.6 Å². The Bertz CT molecular complexity index is 157. The molecule has 4 heteroatoms. The quantitative estimate of drug-likeness (QED) is 0.693. The summed E-state index contributed by atoms with van der Waals surface area (Å²) in [6.07, 6.45) is 1.62. The van der Waals surface area contributed by atoms with E-state index in [1.807, 2.05) is 23.7 Å². The minimum absolute atomic E-state index is 0.185. The summed E-state index contributed by atoms with van der Waals surface area (Å²) in [6, 6.07) is 0.453. The number of amides is 1. The molecule has 0 aromatic heterocycles. The maximum Gasteiger partial charge on any atom is 0.223 e. The van der Waals surface area contributed by atoms with E-state index in [1.165, 1.54) is 5.75 Å². The lowest BCUT2D eigenvalue weighted by molar-refractivity contribution is -0.131. The predicted octanol–water partition coefficient (Wildman–Crippen LogP) is 0.299. The molecule has 1 heterocycles. The van der Waals surface area contributed by atoms with Crippen LogP contribution in [0.2, 0.25) is 0 Å². The van der Waals surface area contributed by atoms with Crippen LogP contribution in [0.5, 0.6) is 0 Å². The molecule has 0 bridgehead atoms. The summed E-state index contributed by atoms with van der Waals surface area (Å²) in [7, 11) is 1.88. The Morgan fingerprint density at radius 2 is 2.50 bits per heavy atom. The van der Waals surface area contributed by atoms with Crippen molar-refractivity contribution in [2.75, 3.05) is 25.1 Å². The van der Waals surface area contributed by atoms with Gasteiger partial charge in [-0.05, 0) is 12.2 Å². The number of nitrogens with zero attached hydrogens (tertiary/aromatic N) is 1. The van der Waals surface area contributed by atoms with E-state index in [0.29, 0.717) is 19.0 Å². The van der Waals surface area contributed by atoms with Gasteiger partial charge in [0.25, 0.3) is 0 Å². The monoisotopic (exact) mass is 188 g/mol. The Morgan fingerprint density at radius 1 is 1.75 bits per heavy atom. The first-order valence-electron chi connectivity index (χ1n) is 4.29. The molecular formula is C8H16N2OS. The second-order valence-corrected chi connectivity index (χ2v) is 4.21. The number of hydrogen-bond acceptors (Lipinski definition) is 3. The highest BCUT2D eigenvalue weighted by atomic mass is 32.2. The van der Waals surface area contributed by atoms with E-state index in [4.69, 9.17) is 5.73 Å². The van der Waals surface area contributed by atoms with Gasteiger partial charge in [-0.15, -0.1) is 0 Å². The Morgan fingerprint density at radius 3 is 3.00 bits per heavy atom. The molecule has 1 aliphatic heterocycles. The molecule has 1 fully saturated rings. The summed E-state index contributed by atoms with van der Waals surface area (Å²) in [5.41, 5.74) is 5.31. The van der Waals surface area contributed by atoms with E-state index in [9.17, 15) is 4.79 Å². The molecule has 0 radical (unpaired) electrons. The SMILES string of the molecule is CN(C(=O)CCN)C1CCSC1. The molecular weight excluding hydrogens is 172 g/mol. The number of rotatable bonds is 3. The van der Waals surface area contributed by atoms with E-state index in [-0.39, 0.29) is 5.91 Å². The van der Waals surface area contributed by atoms with Crippen molar-refractivity contribution >= 4 is 17.7 Å². The van der Waals surface area contributed by atoms with Gasteiger partial charge in [-0.3, -0.25) is 4.79 Å². The van der Waals surface area contributed by atoms with Crippen molar-refractivity contribution < 1.29 is 4.79 Å². The highest BCUT2D eigenvalue weighted by Gasteiger charge is 2.22. The van der Waals surface area contributed by atoms with Crippen molar-refractivity contribution in [1.82, 2.24) is 4.90 Å². The third-order valence-corrected chi connectivity index (χ3v) is 3.35. The second-order valence-electron chi connectivity index (χ2n) is 3.06. The molecule has 70 valence electrons. The fourth-order valence-corrected chi connectivity index (χ4v) is 2.60. The summed E-state index contributed by atoms with van der Waals surface area (Å²) < 4.78 is 0. The van der Waals surface area contributed by atoms with Crippen molar-refractivity contribution in [3.05, 3.63) is 0 Å². The standard InChI is InChI=1S/C8H16N2OS/c1-10(8(11)2-4-9)7-3-5-12-6-7/h7H,2-6,9H2,1H3. The van der Waals surface area contributed by atoms with Crippen LogP contribution < -0.4 is 5.73 Å². The van der Waals surface area contributed by atoms with Crippen molar-refractivity contribution in [3.8, 4) is 0 Å². The highest BCUT2D eigenvalue weighted by Crippen LogP contribution is 2.21. The number of thioether (sulfide) groups is 1. The molecule has 2 N–H and O–H groups in total. The smallest absolute Gasteiger partial charge is 0.223 e. The fraction of sp³-hybridized carbons (Fsp3) is 0.875. The molecule has 1 unspecified atom stereocenters. The Balaban J connectivity index is 2.34. The molecule has 0 aromatic rings. The van der Waals surface area contributed by atoms with Gasteiger partial charge in [0.2, 0.25) is 5.91 Å². The molecule has 12 heavy (non-hydrogen) atoms. The minimum atomic E-state index is 0.185. The van der Waals surface area contributed by atoms with Crippen molar-refractivity contribution in [2.24, 2.45) is 5.73 Å². The van der Waals surface area contributed by atoms with Gasteiger partial charge in [0.05, 0.1) is 0 Å². The average molecular weight is 188 g/mol. The largest absolute Gasteiger partial charge is 0.342 e. The van der Waals surface area contributed by atoms with Crippen LogP contribution in [0.1, 0.15) is 12.8 Å². The zero-order valence-electron chi connectivity index (χ0n) is 7.45. The zero-order valence-corrected chi connectivity index (χ0v) is 8.27. The maximum absolute atomic E-state index is 11.4. The van der Waals surface area contributed by atoms with Crippen molar-refractivity contribution in [3.63, 3.8) is 0 Å². The second kappa shape index (κ2) is 4.72. The fourth-order valence-electron chi connectivity index (χ4n) is 1.33. The molecule has 1 atom stereocenters. The van der Waals surface area contributed by atoms with Crippen molar-refractivity contribution in [2.45, 2.75) is 18.9 Å². The molecule has 3 nitrogen and oxygen atoms in total. The third-order valence-electron chi connectivity index (χ3n) is 2.20. The predicted molar refractivity (Wildman–Crippen MR) is 52.2 cm³/mol. The van der Waals surface area contributed by atoms with E-state index < -0.39 is 0 Å². The van der Waals surface area contributed by atoms with Gasteiger partial charge in [-0.25, -0.2) is 0 Å². The normalized spacial score (nSPS) is 22.7. The molecule has 0 aromatic carbocycles. The third kappa shape index (κ3) is 2.38. The highest BCUT2D eigenvalue weighted by molar-refractivity contribution is 7.99. The Kier molecular flexibility index (Phi) is 3.88. The van der Waals surface area contributed by atoms with E-state index >= 15 is 0 Å². The summed E-state index contributed by atoms with van der Waals surface area (Å²) in [5.74, 6) is 2.46. The Hall–Kier alpha value is -0.220. The lowest BCUT2D eigenvalue weighted by atomic mass is 10.2. The average Bonchev–Trinajstić information content (AvgIpc) is 2.55. The van der Waals surface area contributed by atoms with Gasteiger partial charge >= 0.3 is 0 Å². The topological polar surface area (TPSA) is 46.3 Å². The molecule has 0 aliphatic carbocycles. The summed E-state index contributed by atoms with van der Waals surface area (Å²) >= 11 is 1.92. The van der Waals surface area contributed by atoms with Crippen LogP contribution >= 0.6 is 11.8 Å². The summed E-state index contributed by atoms with van der Waals surface area (Å²) in [5, 5.41) is 0. The molecule has 1 saturated heterocycles. The number of carbonyl (C=O) groups excluding carboxylic acids is 1. The van der Waals surface area contributed by atoms with E-state index in [1.54, 1.807) is 0 Å². The van der Waals surface area contributed by atoms with Crippen LogP contribution in [0.3, 0.4) is 0 Å². The number of nitrogens with two attached hydrogens (primary N) is 1. The number of carbonyl (C=O) groups is 1. The molecule has 1 aliphatic rings. The molecule has 0 spiro atoms. The lowest BCUT2D eigenvalue weighted by Crippen LogP contribution is -2.37. The van der Waals surface area contributed by atoms with Crippen LogP contribution in [0.15, 0.2) is 0 Å². The molecule has 1 amide bonds. The molecule has 0 saturated carbocycles. The first kappa shape index (κ1) is 9.86. The van der Waals surface area contributed by atoms with Crippen LogP contribution in [0.25, 0.3) is 0 Å². The summed E-state index contributed by atoms with van der Waals surface area (Å²) in [6.45, 7) is 0.461. The molecule has 1 rings (SSSR count). The number of hydrogen-bond donors (Lipinski definition) is 1. The van der Waals surface area contributed by atoms with Gasteiger partial charge in [-0.1, -0.05) is 0 Å². The van der Waals surface area contributed by atoms with Crippen molar-refractivity contribution in [1.29, 1.82) is 0 Å². The van der Waals surface area contributed by atoms with Gasteiger partial charge in [0.15, 0.2) is 0 Å². The first-order valence-corrected chi connectivity index (χ1v) is 5.44. The maximum atomic E-state index is 11.4. The zero-order chi connectivity index (χ0) is 8.97. The van der Waals surface area contributed by atoms with Gasteiger partial charge in [-0.2, -0.15) is 11.8 Å². The lowest BCUT2D eigenvalue weighted by Gasteiger charge is -2.23. The minimum Gasteiger partial charge on any atom is -0.342 e. The van der Waals surface area contributed by atoms with Gasteiger partial charge in [0, 0.05) is 31.8 Å². The van der Waals surface area contributed by atoms with Crippen LogP contribution in [-0.4, -0.2) is 41.9 Å². The Labute approximate surface area is 77.7 Å². The van der Waals surface area contributed by atoms with Crippen LogP contribution in [-0.2, 0) is 4.79 Å². The van der Waals surface area contributed by atoms with Crippen LogP contribution in [0.4, 0.5) is 0 Å². The van der Waals surface area contributed by atoms with E-state index in [2.05, 4.69) is 0 Å².